The maximum Gasteiger partial charge on any atom is 0.211 e. The number of hydrogen-bond acceptors (Lipinski definition) is 4. The average molecular weight is 326 g/mol. The lowest BCUT2D eigenvalue weighted by atomic mass is 10.1. The van der Waals surface area contributed by atoms with Gasteiger partial charge in [0.1, 0.15) is 5.70 Å². The third-order valence-electron chi connectivity index (χ3n) is 2.72. The molecule has 0 saturated heterocycles. The van der Waals surface area contributed by atoms with Crippen molar-refractivity contribution in [2.75, 3.05) is 12.5 Å². The number of carbonyl (C=O) groups excluding carboxylic acids is 1. The number of carbonyl (C=O) groups is 1. The van der Waals surface area contributed by atoms with E-state index in [0.29, 0.717) is 5.70 Å². The molecule has 0 atom stereocenters. The van der Waals surface area contributed by atoms with Gasteiger partial charge in [-0.05, 0) is 30.7 Å². The van der Waals surface area contributed by atoms with Crippen LogP contribution < -0.4 is 0 Å². The molecule has 0 fully saturated rings. The zero-order chi connectivity index (χ0) is 15.4. The molecule has 2 aromatic rings. The molecule has 1 heterocycles. The van der Waals surface area contributed by atoms with Gasteiger partial charge in [0.2, 0.25) is 5.78 Å². The summed E-state index contributed by atoms with van der Waals surface area (Å²) < 4.78 is 28.7. The molecule has 0 radical (unpaired) electrons. The Morgan fingerprint density at radius 2 is 1.90 bits per heavy atom. The molecular weight excluding hydrogens is 314 g/mol. The van der Waals surface area contributed by atoms with Gasteiger partial charge in [-0.15, -0.1) is 23.5 Å². The molecule has 21 heavy (non-hydrogen) atoms. The van der Waals surface area contributed by atoms with E-state index in [2.05, 4.69) is 4.98 Å². The van der Waals surface area contributed by atoms with Gasteiger partial charge in [0, 0.05) is 18.0 Å². The molecule has 7 heteroatoms. The van der Waals surface area contributed by atoms with Gasteiger partial charge in [-0.2, -0.15) is 0 Å². The van der Waals surface area contributed by atoms with E-state index in [1.165, 1.54) is 35.9 Å². The Morgan fingerprint density at radius 3 is 2.43 bits per heavy atom. The van der Waals surface area contributed by atoms with Crippen LogP contribution in [-0.2, 0) is 0 Å². The van der Waals surface area contributed by atoms with E-state index in [1.54, 1.807) is 17.0 Å². The summed E-state index contributed by atoms with van der Waals surface area (Å²) in [5.74, 6) is -2.40. The van der Waals surface area contributed by atoms with Gasteiger partial charge in [0.15, 0.2) is 11.6 Å². The van der Waals surface area contributed by atoms with Gasteiger partial charge in [-0.3, -0.25) is 4.79 Å². The van der Waals surface area contributed by atoms with E-state index in [-0.39, 0.29) is 11.3 Å². The highest BCUT2D eigenvalue weighted by Crippen LogP contribution is 2.32. The second-order valence-corrected chi connectivity index (χ2v) is 5.86. The normalized spacial score (nSPS) is 10.5. The summed E-state index contributed by atoms with van der Waals surface area (Å²) >= 11 is 2.82. The molecule has 0 saturated carbocycles. The third-order valence-corrected chi connectivity index (χ3v) is 4.85. The minimum atomic E-state index is -1.04. The standard InChI is InChI=1S/C14H12F2N2OS2/c1-20-14(21-2)12(18-6-5-17-8-18)13(19)9-3-4-10(15)11(16)7-9/h3-8H,1-2H3. The quantitative estimate of drug-likeness (QED) is 0.617. The molecule has 0 aliphatic heterocycles. The Kier molecular flexibility index (Phi) is 5.19. The Hall–Kier alpha value is -1.60. The van der Waals surface area contributed by atoms with Gasteiger partial charge in [0.05, 0.1) is 10.6 Å². The maximum absolute atomic E-state index is 13.3. The molecule has 0 spiro atoms. The molecule has 0 bridgehead atoms. The van der Waals surface area contributed by atoms with Crippen molar-refractivity contribution >= 4 is 35.0 Å². The first kappa shape index (κ1) is 15.8. The van der Waals surface area contributed by atoms with Crippen LogP contribution in [0.15, 0.2) is 41.2 Å². The summed E-state index contributed by atoms with van der Waals surface area (Å²) in [5, 5.41) is 0. The van der Waals surface area contributed by atoms with Crippen LogP contribution in [-0.4, -0.2) is 27.8 Å². The first-order valence-electron chi connectivity index (χ1n) is 5.88. The Bertz CT molecular complexity index is 678. The number of rotatable bonds is 5. The molecule has 1 aromatic heterocycles. The van der Waals surface area contributed by atoms with Crippen LogP contribution in [0.2, 0.25) is 0 Å². The van der Waals surface area contributed by atoms with Crippen LogP contribution in [0.1, 0.15) is 10.4 Å². The number of aromatic nitrogens is 2. The average Bonchev–Trinajstić information content (AvgIpc) is 3.00. The second kappa shape index (κ2) is 6.91. The summed E-state index contributed by atoms with van der Waals surface area (Å²) in [7, 11) is 0. The first-order valence-corrected chi connectivity index (χ1v) is 8.33. The Labute approximate surface area is 129 Å². The SMILES string of the molecule is CSC(SC)=C(C(=O)c1ccc(F)c(F)c1)n1ccnc1. The van der Waals surface area contributed by atoms with Crippen molar-refractivity contribution in [1.82, 2.24) is 9.55 Å². The van der Waals surface area contributed by atoms with Crippen LogP contribution in [0, 0.1) is 11.6 Å². The molecule has 3 nitrogen and oxygen atoms in total. The number of imidazole rings is 1. The summed E-state index contributed by atoms with van der Waals surface area (Å²) in [5.41, 5.74) is 0.469. The topological polar surface area (TPSA) is 34.9 Å². The molecule has 0 N–H and O–H groups in total. The number of nitrogens with zero attached hydrogens (tertiary/aromatic N) is 2. The summed E-state index contributed by atoms with van der Waals surface area (Å²) in [4.78, 5) is 16.6. The monoisotopic (exact) mass is 326 g/mol. The van der Waals surface area contributed by atoms with E-state index >= 15 is 0 Å². The fraction of sp³-hybridized carbons (Fsp3) is 0.143. The molecule has 0 unspecified atom stereocenters. The second-order valence-electron chi connectivity index (χ2n) is 3.97. The van der Waals surface area contributed by atoms with Crippen molar-refractivity contribution in [1.29, 1.82) is 0 Å². The van der Waals surface area contributed by atoms with E-state index in [9.17, 15) is 13.6 Å². The molecule has 0 amide bonds. The number of ketones is 1. The van der Waals surface area contributed by atoms with Crippen LogP contribution in [0.4, 0.5) is 8.78 Å². The maximum atomic E-state index is 13.3. The smallest absolute Gasteiger partial charge is 0.211 e. The lowest BCUT2D eigenvalue weighted by Gasteiger charge is -2.12. The summed E-state index contributed by atoms with van der Waals surface area (Å²) in [6, 6.07) is 3.13. The van der Waals surface area contributed by atoms with E-state index in [4.69, 9.17) is 0 Å². The van der Waals surface area contributed by atoms with Gasteiger partial charge in [-0.1, -0.05) is 0 Å². The molecule has 0 aliphatic carbocycles. The summed E-state index contributed by atoms with van der Waals surface area (Å²) in [6.07, 6.45) is 8.39. The van der Waals surface area contributed by atoms with Crippen LogP contribution >= 0.6 is 23.5 Å². The molecule has 110 valence electrons. The fourth-order valence-corrected chi connectivity index (χ4v) is 3.21. The van der Waals surface area contributed by atoms with Crippen molar-refractivity contribution in [3.05, 3.63) is 58.4 Å². The Morgan fingerprint density at radius 1 is 1.19 bits per heavy atom. The molecular formula is C14H12F2N2OS2. The zero-order valence-corrected chi connectivity index (χ0v) is 13.0. The van der Waals surface area contributed by atoms with Gasteiger partial charge in [-0.25, -0.2) is 13.8 Å². The summed E-state index contributed by atoms with van der Waals surface area (Å²) in [6.45, 7) is 0. The van der Waals surface area contributed by atoms with E-state index in [1.807, 2.05) is 12.5 Å². The van der Waals surface area contributed by atoms with Crippen molar-refractivity contribution in [2.24, 2.45) is 0 Å². The van der Waals surface area contributed by atoms with Crippen LogP contribution in [0.25, 0.3) is 5.70 Å². The number of halogens is 2. The van der Waals surface area contributed by atoms with Crippen molar-refractivity contribution < 1.29 is 13.6 Å². The Balaban J connectivity index is 2.54. The van der Waals surface area contributed by atoms with E-state index < -0.39 is 11.6 Å². The number of Topliss-reactive ketones (excluding diaryl/α,β-unsaturated/α-hetero) is 1. The van der Waals surface area contributed by atoms with E-state index in [0.717, 1.165) is 16.4 Å². The molecule has 2 rings (SSSR count). The minimum absolute atomic E-state index is 0.0956. The van der Waals surface area contributed by atoms with Crippen molar-refractivity contribution in [2.45, 2.75) is 0 Å². The fourth-order valence-electron chi connectivity index (χ4n) is 1.76. The molecule has 1 aromatic carbocycles. The van der Waals surface area contributed by atoms with Gasteiger partial charge in [0.25, 0.3) is 0 Å². The third kappa shape index (κ3) is 3.36. The molecule has 0 aliphatic rings. The lowest BCUT2D eigenvalue weighted by Crippen LogP contribution is -2.10. The first-order chi connectivity index (χ1) is 10.1. The lowest BCUT2D eigenvalue weighted by molar-refractivity contribution is 0.105. The predicted molar refractivity (Wildman–Crippen MR) is 83.2 cm³/mol. The highest BCUT2D eigenvalue weighted by atomic mass is 32.2. The number of thioether (sulfide) groups is 2. The number of hydrogen-bond donors (Lipinski definition) is 0. The van der Waals surface area contributed by atoms with Gasteiger partial charge < -0.3 is 4.57 Å². The highest BCUT2D eigenvalue weighted by molar-refractivity contribution is 8.22. The largest absolute Gasteiger partial charge is 0.301 e. The van der Waals surface area contributed by atoms with Crippen LogP contribution in [0.5, 0.6) is 0 Å². The van der Waals surface area contributed by atoms with Crippen molar-refractivity contribution in [3.8, 4) is 0 Å². The highest BCUT2D eigenvalue weighted by Gasteiger charge is 2.20. The minimum Gasteiger partial charge on any atom is -0.301 e. The zero-order valence-electron chi connectivity index (χ0n) is 11.3. The van der Waals surface area contributed by atoms with Crippen LogP contribution in [0.3, 0.4) is 0 Å². The van der Waals surface area contributed by atoms with Crippen molar-refractivity contribution in [3.63, 3.8) is 0 Å². The number of allylic oxidation sites excluding steroid dienone is 1. The van der Waals surface area contributed by atoms with Gasteiger partial charge >= 0.3 is 0 Å². The predicted octanol–water partition coefficient (Wildman–Crippen LogP) is 3.90. The number of benzene rings is 1.